The van der Waals surface area contributed by atoms with E-state index in [1.807, 2.05) is 6.92 Å². The standard InChI is InChI=1S/C15H17BrFN3O2S/c1-4-23-19-14-12(22-3)8-13(21)20(2)15(14)18-11-6-5-9(16)7-10(11)17/h5-8,18-19H,4H2,1-3H3. The molecule has 0 radical (unpaired) electrons. The fraction of sp³-hybridized carbons (Fsp3) is 0.267. The van der Waals surface area contributed by atoms with Crippen LogP contribution >= 0.6 is 27.9 Å². The Kier molecular flexibility index (Phi) is 5.95. The maximum atomic E-state index is 14.1. The van der Waals surface area contributed by atoms with Crippen molar-refractivity contribution in [3.63, 3.8) is 0 Å². The largest absolute Gasteiger partial charge is 0.494 e. The molecule has 0 atom stereocenters. The van der Waals surface area contributed by atoms with Gasteiger partial charge in [0.1, 0.15) is 17.3 Å². The van der Waals surface area contributed by atoms with Gasteiger partial charge in [0.2, 0.25) is 0 Å². The second-order valence-corrected chi connectivity index (χ2v) is 6.60. The molecule has 1 aromatic heterocycles. The highest BCUT2D eigenvalue weighted by atomic mass is 79.9. The Morgan fingerprint density at radius 1 is 1.39 bits per heavy atom. The van der Waals surface area contributed by atoms with Crippen LogP contribution in [0.4, 0.5) is 21.6 Å². The van der Waals surface area contributed by atoms with Crippen LogP contribution in [0.25, 0.3) is 0 Å². The van der Waals surface area contributed by atoms with Crippen molar-refractivity contribution in [1.82, 2.24) is 4.57 Å². The Bertz CT molecular complexity index is 767. The number of hydrogen-bond donors (Lipinski definition) is 2. The number of nitrogens with one attached hydrogen (secondary N) is 2. The topological polar surface area (TPSA) is 55.3 Å². The number of benzene rings is 1. The molecular weight excluding hydrogens is 385 g/mol. The van der Waals surface area contributed by atoms with E-state index in [1.54, 1.807) is 19.2 Å². The van der Waals surface area contributed by atoms with Crippen LogP contribution in [0.2, 0.25) is 0 Å². The van der Waals surface area contributed by atoms with Gasteiger partial charge in [-0.1, -0.05) is 34.8 Å². The van der Waals surface area contributed by atoms with Gasteiger partial charge in [0.05, 0.1) is 12.8 Å². The number of pyridine rings is 1. The first-order chi connectivity index (χ1) is 11.0. The van der Waals surface area contributed by atoms with Crippen molar-refractivity contribution in [2.75, 3.05) is 22.9 Å². The number of nitrogens with zero attached hydrogens (tertiary/aromatic N) is 1. The minimum Gasteiger partial charge on any atom is -0.494 e. The van der Waals surface area contributed by atoms with Crippen LogP contribution in [0.15, 0.2) is 33.5 Å². The van der Waals surface area contributed by atoms with Gasteiger partial charge in [-0.3, -0.25) is 9.36 Å². The number of anilines is 3. The van der Waals surface area contributed by atoms with E-state index in [9.17, 15) is 9.18 Å². The van der Waals surface area contributed by atoms with Crippen molar-refractivity contribution in [3.05, 3.63) is 44.9 Å². The van der Waals surface area contributed by atoms with Crippen molar-refractivity contribution in [2.45, 2.75) is 6.92 Å². The molecule has 2 rings (SSSR count). The van der Waals surface area contributed by atoms with Crippen LogP contribution in [0.1, 0.15) is 6.92 Å². The summed E-state index contributed by atoms with van der Waals surface area (Å²) in [5.41, 5.74) is 0.596. The van der Waals surface area contributed by atoms with Crippen LogP contribution in [-0.4, -0.2) is 17.4 Å². The molecule has 1 heterocycles. The second-order valence-electron chi connectivity index (χ2n) is 4.62. The summed E-state index contributed by atoms with van der Waals surface area (Å²) in [6, 6.07) is 6.06. The number of hydrogen-bond acceptors (Lipinski definition) is 5. The lowest BCUT2D eigenvalue weighted by Gasteiger charge is -2.19. The van der Waals surface area contributed by atoms with Gasteiger partial charge in [-0.15, -0.1) is 0 Å². The summed E-state index contributed by atoms with van der Waals surface area (Å²) in [5, 5.41) is 2.97. The molecule has 8 heteroatoms. The molecule has 0 saturated carbocycles. The molecule has 0 spiro atoms. The predicted molar refractivity (Wildman–Crippen MR) is 97.4 cm³/mol. The normalized spacial score (nSPS) is 10.5. The third-order valence-corrected chi connectivity index (χ3v) is 4.26. The molecule has 0 unspecified atom stereocenters. The molecular formula is C15H17BrFN3O2S. The van der Waals surface area contributed by atoms with Gasteiger partial charge in [0, 0.05) is 23.3 Å². The van der Waals surface area contributed by atoms with Crippen LogP contribution in [0, 0.1) is 5.82 Å². The molecule has 5 nitrogen and oxygen atoms in total. The lowest BCUT2D eigenvalue weighted by Crippen LogP contribution is -2.20. The van der Waals surface area contributed by atoms with Gasteiger partial charge in [-0.2, -0.15) is 0 Å². The smallest absolute Gasteiger partial charge is 0.255 e. The Hall–Kier alpha value is -1.67. The first kappa shape index (κ1) is 17.7. The van der Waals surface area contributed by atoms with Gasteiger partial charge >= 0.3 is 0 Å². The molecule has 2 N–H and O–H groups in total. The Morgan fingerprint density at radius 2 is 2.13 bits per heavy atom. The van der Waals surface area contributed by atoms with E-state index >= 15 is 0 Å². The Labute approximate surface area is 146 Å². The number of aromatic nitrogens is 1. The zero-order chi connectivity index (χ0) is 17.0. The van der Waals surface area contributed by atoms with Crippen LogP contribution < -0.4 is 20.3 Å². The average molecular weight is 402 g/mol. The molecule has 0 aliphatic heterocycles. The predicted octanol–water partition coefficient (Wildman–Crippen LogP) is 4.12. The third-order valence-electron chi connectivity index (χ3n) is 3.13. The molecule has 0 aliphatic carbocycles. The fourth-order valence-corrected chi connectivity index (χ4v) is 2.76. The second kappa shape index (κ2) is 7.74. The highest BCUT2D eigenvalue weighted by Gasteiger charge is 2.16. The zero-order valence-electron chi connectivity index (χ0n) is 12.9. The maximum Gasteiger partial charge on any atom is 0.255 e. The van der Waals surface area contributed by atoms with Gasteiger partial charge in [-0.25, -0.2) is 4.39 Å². The maximum absolute atomic E-state index is 14.1. The first-order valence-corrected chi connectivity index (χ1v) is 8.63. The summed E-state index contributed by atoms with van der Waals surface area (Å²) in [5.74, 6) is 1.22. The quantitative estimate of drug-likeness (QED) is 0.712. The van der Waals surface area contributed by atoms with Gasteiger partial charge < -0.3 is 14.8 Å². The lowest BCUT2D eigenvalue weighted by atomic mass is 10.3. The van der Waals surface area contributed by atoms with E-state index in [-0.39, 0.29) is 11.2 Å². The summed E-state index contributed by atoms with van der Waals surface area (Å²) in [6.07, 6.45) is 0. The molecule has 23 heavy (non-hydrogen) atoms. The molecule has 0 aliphatic rings. The number of ether oxygens (including phenoxy) is 1. The van der Waals surface area contributed by atoms with Crippen LogP contribution in [0.3, 0.4) is 0 Å². The molecule has 124 valence electrons. The van der Waals surface area contributed by atoms with E-state index in [1.165, 1.54) is 35.8 Å². The van der Waals surface area contributed by atoms with Gasteiger partial charge in [-0.05, 0) is 18.2 Å². The zero-order valence-corrected chi connectivity index (χ0v) is 15.3. The minimum atomic E-state index is -0.427. The third kappa shape index (κ3) is 4.00. The number of methoxy groups -OCH3 is 1. The van der Waals surface area contributed by atoms with Crippen molar-refractivity contribution in [3.8, 4) is 5.75 Å². The molecule has 2 aromatic rings. The Morgan fingerprint density at radius 3 is 2.74 bits per heavy atom. The van der Waals surface area contributed by atoms with Crippen molar-refractivity contribution >= 4 is 45.1 Å². The SMILES string of the molecule is CCSNc1c(OC)cc(=O)n(C)c1Nc1ccc(Br)cc1F. The summed E-state index contributed by atoms with van der Waals surface area (Å²) >= 11 is 4.67. The van der Waals surface area contributed by atoms with Crippen molar-refractivity contribution in [2.24, 2.45) is 7.05 Å². The van der Waals surface area contributed by atoms with Gasteiger partial charge in [0.15, 0.2) is 5.75 Å². The number of rotatable bonds is 6. The van der Waals surface area contributed by atoms with Crippen LogP contribution in [-0.2, 0) is 7.05 Å². The monoisotopic (exact) mass is 401 g/mol. The molecule has 1 aromatic carbocycles. The molecule has 0 fully saturated rings. The van der Waals surface area contributed by atoms with E-state index in [0.29, 0.717) is 21.7 Å². The first-order valence-electron chi connectivity index (χ1n) is 6.85. The summed E-state index contributed by atoms with van der Waals surface area (Å²) in [7, 11) is 3.10. The molecule has 0 saturated heterocycles. The van der Waals surface area contributed by atoms with E-state index in [0.717, 1.165) is 5.75 Å². The summed E-state index contributed by atoms with van der Waals surface area (Å²) < 4.78 is 24.6. The number of halogens is 2. The van der Waals surface area contributed by atoms with Crippen molar-refractivity contribution in [1.29, 1.82) is 0 Å². The van der Waals surface area contributed by atoms with Crippen molar-refractivity contribution < 1.29 is 9.13 Å². The van der Waals surface area contributed by atoms with E-state index < -0.39 is 5.82 Å². The van der Waals surface area contributed by atoms with Crippen LogP contribution in [0.5, 0.6) is 5.75 Å². The average Bonchev–Trinajstić information content (AvgIpc) is 2.52. The van der Waals surface area contributed by atoms with E-state index in [2.05, 4.69) is 26.0 Å². The molecule has 0 bridgehead atoms. The highest BCUT2D eigenvalue weighted by molar-refractivity contribution is 9.10. The highest BCUT2D eigenvalue weighted by Crippen LogP contribution is 2.35. The summed E-state index contributed by atoms with van der Waals surface area (Å²) in [4.78, 5) is 12.1. The Balaban J connectivity index is 2.54. The fourth-order valence-electron chi connectivity index (χ4n) is 1.94. The lowest BCUT2D eigenvalue weighted by molar-refractivity contribution is 0.415. The minimum absolute atomic E-state index is 0.256. The van der Waals surface area contributed by atoms with E-state index in [4.69, 9.17) is 4.74 Å². The van der Waals surface area contributed by atoms with Gasteiger partial charge in [0.25, 0.3) is 5.56 Å². The summed E-state index contributed by atoms with van der Waals surface area (Å²) in [6.45, 7) is 1.99. The molecule has 0 amide bonds.